The number of sulfonamides is 1. The van der Waals surface area contributed by atoms with E-state index in [1.807, 2.05) is 25.3 Å². The van der Waals surface area contributed by atoms with Crippen LogP contribution in [0.5, 0.6) is 0 Å². The topological polar surface area (TPSA) is 58.6 Å². The van der Waals surface area contributed by atoms with Gasteiger partial charge in [-0.1, -0.05) is 51.2 Å². The fourth-order valence-corrected chi connectivity index (χ4v) is 6.13. The monoisotopic (exact) mass is 422 g/mol. The Balaban J connectivity index is 1.67. The zero-order chi connectivity index (χ0) is 20.9. The molecule has 1 aromatic rings. The van der Waals surface area contributed by atoms with Gasteiger partial charge in [-0.25, -0.2) is 8.42 Å². The average molecular weight is 423 g/mol. The Hall–Kier alpha value is -1.11. The van der Waals surface area contributed by atoms with Crippen LogP contribution in [-0.2, 0) is 20.4 Å². The molecule has 5 nitrogen and oxygen atoms in total. The summed E-state index contributed by atoms with van der Waals surface area (Å²) in [5.41, 5.74) is 1.43. The standard InChI is InChI=1S/C23H38N2O3S/c1-4-5-6-7-8-9-15-25-17-20-13-14-21(18-25)23(20,28-2)19-11-10-12-22(16-19)24-29(3,26)27/h10-12,16,20-21,24H,4-9,13-15,17-18H2,1-3H3. The van der Waals surface area contributed by atoms with Crippen LogP contribution >= 0.6 is 0 Å². The highest BCUT2D eigenvalue weighted by Crippen LogP contribution is 2.53. The molecule has 6 heteroatoms. The molecule has 1 N–H and O–H groups in total. The lowest BCUT2D eigenvalue weighted by Crippen LogP contribution is -2.53. The van der Waals surface area contributed by atoms with E-state index < -0.39 is 10.0 Å². The van der Waals surface area contributed by atoms with E-state index in [1.165, 1.54) is 64.2 Å². The highest BCUT2D eigenvalue weighted by molar-refractivity contribution is 7.92. The van der Waals surface area contributed by atoms with Gasteiger partial charge >= 0.3 is 0 Å². The molecule has 164 valence electrons. The molecular weight excluding hydrogens is 384 g/mol. The minimum absolute atomic E-state index is 0.299. The summed E-state index contributed by atoms with van der Waals surface area (Å²) in [4.78, 5) is 2.64. The zero-order valence-corrected chi connectivity index (χ0v) is 19.1. The first-order valence-electron chi connectivity index (χ1n) is 11.2. The molecule has 1 saturated carbocycles. The summed E-state index contributed by atoms with van der Waals surface area (Å²) in [7, 11) is -1.46. The largest absolute Gasteiger partial charge is 0.373 e. The molecular formula is C23H38N2O3S. The number of ether oxygens (including phenoxy) is 1. The number of methoxy groups -OCH3 is 1. The van der Waals surface area contributed by atoms with E-state index in [0.29, 0.717) is 17.5 Å². The Kier molecular flexibility index (Phi) is 7.63. The fraction of sp³-hybridized carbons (Fsp3) is 0.739. The number of piperidine rings is 1. The molecule has 1 aliphatic carbocycles. The molecule has 2 fully saturated rings. The summed E-state index contributed by atoms with van der Waals surface area (Å²) in [6, 6.07) is 7.82. The second-order valence-electron chi connectivity index (χ2n) is 8.95. The second-order valence-corrected chi connectivity index (χ2v) is 10.7. The van der Waals surface area contributed by atoms with Crippen LogP contribution in [0.25, 0.3) is 0 Å². The van der Waals surface area contributed by atoms with Crippen molar-refractivity contribution in [3.8, 4) is 0 Å². The first-order chi connectivity index (χ1) is 13.9. The van der Waals surface area contributed by atoms with Crippen molar-refractivity contribution in [1.82, 2.24) is 4.90 Å². The highest BCUT2D eigenvalue weighted by Gasteiger charge is 2.55. The van der Waals surface area contributed by atoms with Crippen molar-refractivity contribution >= 4 is 15.7 Å². The van der Waals surface area contributed by atoms with Gasteiger partial charge in [0.15, 0.2) is 0 Å². The molecule has 1 heterocycles. The lowest BCUT2D eigenvalue weighted by molar-refractivity contribution is -0.118. The van der Waals surface area contributed by atoms with Crippen molar-refractivity contribution < 1.29 is 13.2 Å². The molecule has 1 aromatic carbocycles. The van der Waals surface area contributed by atoms with Crippen molar-refractivity contribution in [2.45, 2.75) is 63.9 Å². The first-order valence-corrected chi connectivity index (χ1v) is 13.1. The summed E-state index contributed by atoms with van der Waals surface area (Å²) < 4.78 is 32.2. The van der Waals surface area contributed by atoms with Gasteiger partial charge in [0.1, 0.15) is 5.60 Å². The van der Waals surface area contributed by atoms with Crippen LogP contribution in [0.3, 0.4) is 0 Å². The lowest BCUT2D eigenvalue weighted by atomic mass is 9.74. The molecule has 0 aromatic heterocycles. The molecule has 1 saturated heterocycles. The van der Waals surface area contributed by atoms with Crippen molar-refractivity contribution in [3.63, 3.8) is 0 Å². The summed E-state index contributed by atoms with van der Waals surface area (Å²) in [6.07, 6.45) is 11.5. The number of likely N-dealkylation sites (tertiary alicyclic amines) is 1. The Bertz CT molecular complexity index is 751. The minimum atomic E-state index is -3.29. The quantitative estimate of drug-likeness (QED) is 0.530. The van der Waals surface area contributed by atoms with Crippen LogP contribution in [-0.4, -0.2) is 46.3 Å². The number of rotatable bonds is 11. The molecule has 2 aliphatic rings. The maximum atomic E-state index is 11.7. The average Bonchev–Trinajstić information content (AvgIpc) is 2.86. The van der Waals surface area contributed by atoms with Gasteiger partial charge in [0, 0.05) is 37.7 Å². The predicted octanol–water partition coefficient (Wildman–Crippen LogP) is 4.60. The van der Waals surface area contributed by atoms with E-state index >= 15 is 0 Å². The molecule has 0 amide bonds. The highest BCUT2D eigenvalue weighted by atomic mass is 32.2. The Morgan fingerprint density at radius 3 is 2.38 bits per heavy atom. The Morgan fingerprint density at radius 1 is 1.10 bits per heavy atom. The van der Waals surface area contributed by atoms with E-state index in [4.69, 9.17) is 4.74 Å². The van der Waals surface area contributed by atoms with E-state index in [1.54, 1.807) is 0 Å². The van der Waals surface area contributed by atoms with Crippen LogP contribution in [0.15, 0.2) is 24.3 Å². The summed E-state index contributed by atoms with van der Waals surface area (Å²) >= 11 is 0. The maximum absolute atomic E-state index is 11.7. The number of fused-ring (bicyclic) bond motifs is 2. The fourth-order valence-electron chi connectivity index (χ4n) is 5.58. The molecule has 2 atom stereocenters. The van der Waals surface area contributed by atoms with Gasteiger partial charge in [0.05, 0.1) is 6.26 Å². The number of nitrogens with zero attached hydrogens (tertiary/aromatic N) is 1. The van der Waals surface area contributed by atoms with Crippen LogP contribution in [0, 0.1) is 11.8 Å². The van der Waals surface area contributed by atoms with Gasteiger partial charge in [0.2, 0.25) is 10.0 Å². The molecule has 2 bridgehead atoms. The van der Waals surface area contributed by atoms with Gasteiger partial charge in [-0.05, 0) is 43.5 Å². The minimum Gasteiger partial charge on any atom is -0.373 e. The van der Waals surface area contributed by atoms with Crippen LogP contribution in [0.1, 0.15) is 63.9 Å². The number of unbranched alkanes of at least 4 members (excludes halogenated alkanes) is 5. The van der Waals surface area contributed by atoms with Crippen molar-refractivity contribution in [3.05, 3.63) is 29.8 Å². The third-order valence-electron chi connectivity index (χ3n) is 6.82. The van der Waals surface area contributed by atoms with Crippen molar-refractivity contribution in [1.29, 1.82) is 0 Å². The number of anilines is 1. The first kappa shape index (κ1) is 22.6. The third-order valence-corrected chi connectivity index (χ3v) is 7.42. The maximum Gasteiger partial charge on any atom is 0.229 e. The van der Waals surface area contributed by atoms with Crippen LogP contribution in [0.4, 0.5) is 5.69 Å². The Labute approximate surface area is 177 Å². The molecule has 1 aliphatic heterocycles. The van der Waals surface area contributed by atoms with E-state index in [2.05, 4.69) is 22.6 Å². The predicted molar refractivity (Wildman–Crippen MR) is 120 cm³/mol. The number of nitrogens with one attached hydrogen (secondary N) is 1. The molecule has 3 rings (SSSR count). The van der Waals surface area contributed by atoms with Gasteiger partial charge in [0.25, 0.3) is 0 Å². The molecule has 29 heavy (non-hydrogen) atoms. The number of benzene rings is 1. The smallest absolute Gasteiger partial charge is 0.229 e. The summed E-state index contributed by atoms with van der Waals surface area (Å²) in [5, 5.41) is 0. The van der Waals surface area contributed by atoms with E-state index in [0.717, 1.165) is 18.7 Å². The molecule has 0 radical (unpaired) electrons. The number of hydrogen-bond acceptors (Lipinski definition) is 4. The second kappa shape index (κ2) is 9.80. The van der Waals surface area contributed by atoms with E-state index in [-0.39, 0.29) is 5.60 Å². The van der Waals surface area contributed by atoms with Gasteiger partial charge < -0.3 is 9.64 Å². The summed E-state index contributed by atoms with van der Waals surface area (Å²) in [5.74, 6) is 0.916. The zero-order valence-electron chi connectivity index (χ0n) is 18.3. The van der Waals surface area contributed by atoms with Crippen LogP contribution < -0.4 is 4.72 Å². The van der Waals surface area contributed by atoms with Crippen molar-refractivity contribution in [2.75, 3.05) is 37.7 Å². The normalized spacial score (nSPS) is 27.3. The third kappa shape index (κ3) is 5.33. The van der Waals surface area contributed by atoms with Crippen LogP contribution in [0.2, 0.25) is 0 Å². The lowest BCUT2D eigenvalue weighted by Gasteiger charge is -2.47. The molecule has 0 spiro atoms. The van der Waals surface area contributed by atoms with Crippen molar-refractivity contribution in [2.24, 2.45) is 11.8 Å². The van der Waals surface area contributed by atoms with Gasteiger partial charge in [-0.3, -0.25) is 4.72 Å². The van der Waals surface area contributed by atoms with E-state index in [9.17, 15) is 8.42 Å². The SMILES string of the molecule is CCCCCCCCN1CC2CCC(C1)C2(OC)c1cccc(NS(C)(=O)=O)c1. The molecule has 2 unspecified atom stereocenters. The van der Waals surface area contributed by atoms with Gasteiger partial charge in [-0.15, -0.1) is 0 Å². The Morgan fingerprint density at radius 2 is 1.76 bits per heavy atom. The summed E-state index contributed by atoms with van der Waals surface area (Å²) in [6.45, 7) is 5.60. The van der Waals surface area contributed by atoms with Gasteiger partial charge in [-0.2, -0.15) is 0 Å². The number of hydrogen-bond donors (Lipinski definition) is 1.